The highest BCUT2D eigenvalue weighted by Crippen LogP contribution is 2.24. The van der Waals surface area contributed by atoms with E-state index < -0.39 is 0 Å². The molecule has 0 radical (unpaired) electrons. The Kier molecular flexibility index (Phi) is 6.68. The lowest BCUT2D eigenvalue weighted by molar-refractivity contribution is 0.107. The minimum absolute atomic E-state index is 0.120. The van der Waals surface area contributed by atoms with Crippen LogP contribution in [-0.2, 0) is 23.4 Å². The predicted octanol–water partition coefficient (Wildman–Crippen LogP) is 5.76. The Labute approximate surface area is 173 Å². The van der Waals surface area contributed by atoms with Crippen LogP contribution in [0.25, 0.3) is 0 Å². The molecule has 29 heavy (non-hydrogen) atoms. The Morgan fingerprint density at radius 2 is 1.52 bits per heavy atom. The third-order valence-corrected chi connectivity index (χ3v) is 4.56. The number of guanidine groups is 1. The molecule has 0 amide bonds. The van der Waals surface area contributed by atoms with Crippen molar-refractivity contribution in [2.45, 2.75) is 39.4 Å². The molecule has 3 aromatic rings. The second kappa shape index (κ2) is 9.39. The van der Waals surface area contributed by atoms with E-state index in [4.69, 9.17) is 10.5 Å². The van der Waals surface area contributed by atoms with Crippen LogP contribution < -0.4 is 11.1 Å². The molecule has 0 saturated carbocycles. The van der Waals surface area contributed by atoms with Gasteiger partial charge >= 0.3 is 0 Å². The van der Waals surface area contributed by atoms with Crippen molar-refractivity contribution >= 4 is 17.3 Å². The first kappa shape index (κ1) is 20.6. The largest absolute Gasteiger partial charge is 0.372 e. The second-order valence-corrected chi connectivity index (χ2v) is 8.10. The number of hydrogen-bond acceptors (Lipinski definition) is 2. The van der Waals surface area contributed by atoms with E-state index in [1.807, 2.05) is 54.6 Å². The molecule has 0 atom stereocenters. The Hall–Kier alpha value is -3.11. The van der Waals surface area contributed by atoms with E-state index in [1.54, 1.807) is 0 Å². The van der Waals surface area contributed by atoms with Gasteiger partial charge in [-0.05, 0) is 46.4 Å². The zero-order valence-corrected chi connectivity index (χ0v) is 17.4. The topological polar surface area (TPSA) is 59.6 Å². The monoisotopic (exact) mass is 387 g/mol. The molecule has 0 fully saturated rings. The van der Waals surface area contributed by atoms with Gasteiger partial charge in [-0.3, -0.25) is 0 Å². The number of aliphatic imine (C=N–C) groups is 1. The predicted molar refractivity (Wildman–Crippen MR) is 121 cm³/mol. The molecule has 0 spiro atoms. The number of hydrogen-bond donors (Lipinski definition) is 2. The highest BCUT2D eigenvalue weighted by atomic mass is 16.5. The fraction of sp³-hybridized carbons (Fsp3) is 0.240. The summed E-state index contributed by atoms with van der Waals surface area (Å²) in [5.41, 5.74) is 11.4. The van der Waals surface area contributed by atoms with Crippen molar-refractivity contribution in [2.24, 2.45) is 10.7 Å². The molecule has 150 valence electrons. The average molecular weight is 388 g/mol. The SMILES string of the molecule is CC(C)(C)c1ccc(N=C(N)Nc2cccc(COCc3ccccc3)c2)cc1. The zero-order chi connectivity index (χ0) is 20.7. The van der Waals surface area contributed by atoms with E-state index in [1.165, 1.54) is 5.56 Å². The zero-order valence-electron chi connectivity index (χ0n) is 17.4. The molecule has 4 heteroatoms. The first-order chi connectivity index (χ1) is 13.9. The first-order valence-corrected chi connectivity index (χ1v) is 9.82. The molecule has 4 nitrogen and oxygen atoms in total. The van der Waals surface area contributed by atoms with Gasteiger partial charge in [0.1, 0.15) is 0 Å². The number of rotatable bonds is 6. The van der Waals surface area contributed by atoms with Gasteiger partial charge in [-0.2, -0.15) is 0 Å². The van der Waals surface area contributed by atoms with Gasteiger partial charge in [-0.25, -0.2) is 4.99 Å². The number of anilines is 1. The third kappa shape index (κ3) is 6.47. The maximum atomic E-state index is 6.10. The summed E-state index contributed by atoms with van der Waals surface area (Å²) in [5.74, 6) is 0.357. The summed E-state index contributed by atoms with van der Waals surface area (Å²) in [6.07, 6.45) is 0. The van der Waals surface area contributed by atoms with Crippen molar-refractivity contribution in [3.8, 4) is 0 Å². The fourth-order valence-electron chi connectivity index (χ4n) is 2.95. The van der Waals surface area contributed by atoms with Gasteiger partial charge in [-0.15, -0.1) is 0 Å². The van der Waals surface area contributed by atoms with Gasteiger partial charge in [-0.1, -0.05) is 75.4 Å². The number of nitrogens with two attached hydrogens (primary N) is 1. The van der Waals surface area contributed by atoms with E-state index in [-0.39, 0.29) is 5.41 Å². The summed E-state index contributed by atoms with van der Waals surface area (Å²) >= 11 is 0. The lowest BCUT2D eigenvalue weighted by Crippen LogP contribution is -2.22. The number of nitrogens with one attached hydrogen (secondary N) is 1. The van der Waals surface area contributed by atoms with Crippen molar-refractivity contribution in [1.29, 1.82) is 0 Å². The van der Waals surface area contributed by atoms with Crippen molar-refractivity contribution in [2.75, 3.05) is 5.32 Å². The molecular formula is C25H29N3O. The van der Waals surface area contributed by atoms with E-state index in [2.05, 4.69) is 55.3 Å². The van der Waals surface area contributed by atoms with Crippen LogP contribution in [-0.4, -0.2) is 5.96 Å². The molecular weight excluding hydrogens is 358 g/mol. The normalized spacial score (nSPS) is 12.0. The molecule has 3 rings (SSSR count). The van der Waals surface area contributed by atoms with Gasteiger partial charge in [0.05, 0.1) is 18.9 Å². The maximum Gasteiger partial charge on any atom is 0.198 e. The van der Waals surface area contributed by atoms with E-state index >= 15 is 0 Å². The first-order valence-electron chi connectivity index (χ1n) is 9.82. The third-order valence-electron chi connectivity index (χ3n) is 4.56. The Morgan fingerprint density at radius 3 is 2.21 bits per heavy atom. The number of ether oxygens (including phenoxy) is 1. The quantitative estimate of drug-likeness (QED) is 0.418. The van der Waals surface area contributed by atoms with Crippen molar-refractivity contribution in [1.82, 2.24) is 0 Å². The molecule has 0 bridgehead atoms. The molecule has 0 aliphatic heterocycles. The summed E-state index contributed by atoms with van der Waals surface area (Å²) < 4.78 is 5.81. The van der Waals surface area contributed by atoms with Crippen LogP contribution in [0.15, 0.2) is 83.9 Å². The molecule has 0 unspecified atom stereocenters. The lowest BCUT2D eigenvalue weighted by Gasteiger charge is -2.18. The molecule has 0 aliphatic carbocycles. The molecule has 3 N–H and O–H groups in total. The molecule has 0 heterocycles. The fourth-order valence-corrected chi connectivity index (χ4v) is 2.95. The van der Waals surface area contributed by atoms with Crippen LogP contribution in [0.3, 0.4) is 0 Å². The van der Waals surface area contributed by atoms with Crippen LogP contribution in [0.4, 0.5) is 11.4 Å². The summed E-state index contributed by atoms with van der Waals surface area (Å²) in [6.45, 7) is 7.70. The van der Waals surface area contributed by atoms with Gasteiger partial charge in [0.25, 0.3) is 0 Å². The van der Waals surface area contributed by atoms with Gasteiger partial charge in [0.2, 0.25) is 0 Å². The molecule has 3 aromatic carbocycles. The molecule has 0 saturated heterocycles. The van der Waals surface area contributed by atoms with Crippen LogP contribution in [0.1, 0.15) is 37.5 Å². The molecule has 0 aliphatic rings. The summed E-state index contributed by atoms with van der Waals surface area (Å²) in [4.78, 5) is 4.46. The average Bonchev–Trinajstić information content (AvgIpc) is 2.69. The smallest absolute Gasteiger partial charge is 0.198 e. The van der Waals surface area contributed by atoms with Crippen LogP contribution >= 0.6 is 0 Å². The highest BCUT2D eigenvalue weighted by molar-refractivity contribution is 5.94. The Bertz CT molecular complexity index is 942. The van der Waals surface area contributed by atoms with Crippen LogP contribution in [0.5, 0.6) is 0 Å². The van der Waals surface area contributed by atoms with E-state index in [9.17, 15) is 0 Å². The van der Waals surface area contributed by atoms with Crippen LogP contribution in [0.2, 0.25) is 0 Å². The van der Waals surface area contributed by atoms with Gasteiger partial charge in [0, 0.05) is 5.69 Å². The minimum atomic E-state index is 0.120. The standard InChI is InChI=1S/C25H29N3O/c1-25(2,3)21-12-14-22(15-13-21)27-24(26)28-23-11-7-10-20(16-23)18-29-17-19-8-5-4-6-9-19/h4-16H,17-18H2,1-3H3,(H3,26,27,28). The summed E-state index contributed by atoms with van der Waals surface area (Å²) in [7, 11) is 0. The summed E-state index contributed by atoms with van der Waals surface area (Å²) in [5, 5.41) is 3.16. The van der Waals surface area contributed by atoms with E-state index in [0.29, 0.717) is 19.2 Å². The van der Waals surface area contributed by atoms with Crippen molar-refractivity contribution in [3.63, 3.8) is 0 Å². The maximum absolute atomic E-state index is 6.10. The second-order valence-electron chi connectivity index (χ2n) is 8.10. The Morgan fingerprint density at radius 1 is 0.862 bits per heavy atom. The van der Waals surface area contributed by atoms with Gasteiger partial charge in [0.15, 0.2) is 5.96 Å². The Balaban J connectivity index is 1.58. The number of nitrogens with zero attached hydrogens (tertiary/aromatic N) is 1. The highest BCUT2D eigenvalue weighted by Gasteiger charge is 2.12. The molecule has 0 aromatic heterocycles. The van der Waals surface area contributed by atoms with Crippen molar-refractivity contribution in [3.05, 3.63) is 95.6 Å². The van der Waals surface area contributed by atoms with Crippen LogP contribution in [0, 0.1) is 0 Å². The lowest BCUT2D eigenvalue weighted by atomic mass is 9.87. The number of benzene rings is 3. The van der Waals surface area contributed by atoms with E-state index in [0.717, 1.165) is 22.5 Å². The van der Waals surface area contributed by atoms with Gasteiger partial charge < -0.3 is 15.8 Å². The summed E-state index contributed by atoms with van der Waals surface area (Å²) in [6, 6.07) is 26.3. The minimum Gasteiger partial charge on any atom is -0.372 e. The van der Waals surface area contributed by atoms with Crippen molar-refractivity contribution < 1.29 is 4.74 Å².